The van der Waals surface area contributed by atoms with Gasteiger partial charge in [-0.25, -0.2) is 4.98 Å². The van der Waals surface area contributed by atoms with Gasteiger partial charge in [0.15, 0.2) is 11.5 Å². The Balaban J connectivity index is 0.000000278. The summed E-state index contributed by atoms with van der Waals surface area (Å²) < 4.78 is 242. The lowest BCUT2D eigenvalue weighted by Gasteiger charge is -2.10. The molecule has 0 atom stereocenters. The zero-order valence-electron chi connectivity index (χ0n) is 28.2. The third-order valence-corrected chi connectivity index (χ3v) is 9.38. The molecule has 5 rings (SSSR count). The van der Waals surface area contributed by atoms with Crippen molar-refractivity contribution in [2.75, 3.05) is 0 Å². The van der Waals surface area contributed by atoms with Crippen LogP contribution in [-0.4, -0.2) is 75.6 Å². The quantitative estimate of drug-likeness (QED) is 0.0933. The van der Waals surface area contributed by atoms with Crippen molar-refractivity contribution in [2.45, 2.75) is 22.0 Å². The molecule has 4 heterocycles. The molecule has 0 saturated heterocycles. The average molecular weight is 959 g/mol. The van der Waals surface area contributed by atoms with Gasteiger partial charge in [0.2, 0.25) is 5.88 Å². The van der Waals surface area contributed by atoms with Crippen LogP contribution in [0.25, 0.3) is 10.8 Å². The smallest absolute Gasteiger partial charge is 0.376 e. The van der Waals surface area contributed by atoms with E-state index in [1.54, 1.807) is 6.07 Å². The number of hydrogen-bond acceptors (Lipinski definition) is 16. The third-order valence-electron chi connectivity index (χ3n) is 5.50. The molecular formula is C28H18F12N4O12S4. The molecule has 0 radical (unpaired) electrons. The number of alkyl halides is 12. The third kappa shape index (κ3) is 15.1. The van der Waals surface area contributed by atoms with Gasteiger partial charge in [0.1, 0.15) is 5.75 Å². The number of rotatable bonds is 8. The Morgan fingerprint density at radius 1 is 0.400 bits per heavy atom. The highest BCUT2D eigenvalue weighted by atomic mass is 32.2. The van der Waals surface area contributed by atoms with E-state index in [9.17, 15) is 86.4 Å². The molecule has 0 fully saturated rings. The first-order valence-corrected chi connectivity index (χ1v) is 20.0. The molecule has 0 unspecified atom stereocenters. The van der Waals surface area contributed by atoms with Gasteiger partial charge >= 0.3 is 62.5 Å². The number of halogens is 12. The highest BCUT2D eigenvalue weighted by Crippen LogP contribution is 2.32. The fraction of sp³-hybridized carbons (Fsp3) is 0.143. The molecule has 60 heavy (non-hydrogen) atoms. The van der Waals surface area contributed by atoms with E-state index in [4.69, 9.17) is 0 Å². The standard InChI is InChI=1S/C10H6F3NO3S.3C6H4F3NO3S/c11-10(12,13)18(15,16)17-9-3-1-2-7-6-14-5-4-8(7)9;7-6(8,9)14(11,12)13-5-1-3-10-4-2-5;7-6(8,9)14(11,12)13-5-2-1-3-10-4-5;7-6(8,9)14(11,12)13-5-3-1-2-4-10-5/h1-6H;3*1-4H. The predicted octanol–water partition coefficient (Wildman–Crippen LogP) is 6.39. The van der Waals surface area contributed by atoms with Gasteiger partial charge in [-0.15, -0.1) is 0 Å². The fourth-order valence-corrected chi connectivity index (χ4v) is 4.82. The lowest BCUT2D eigenvalue weighted by molar-refractivity contribution is -0.0505. The maximum atomic E-state index is 12.2. The SMILES string of the molecule is O=S(=O)(Oc1cccc2cnccc12)C(F)(F)F.O=S(=O)(Oc1ccccn1)C(F)(F)F.O=S(=O)(Oc1cccnc1)C(F)(F)F.O=S(=O)(Oc1ccncc1)C(F)(F)F. The molecule has 5 aromatic rings. The molecule has 0 saturated carbocycles. The average Bonchev–Trinajstić information content (AvgIpc) is 3.11. The number of nitrogens with zero attached hydrogens (tertiary/aromatic N) is 4. The van der Waals surface area contributed by atoms with E-state index in [1.807, 2.05) is 0 Å². The second-order valence-corrected chi connectivity index (χ2v) is 16.0. The maximum Gasteiger partial charge on any atom is 0.534 e. The monoisotopic (exact) mass is 958 g/mol. The molecular weight excluding hydrogens is 941 g/mol. The molecule has 0 aliphatic heterocycles. The minimum Gasteiger partial charge on any atom is -0.376 e. The molecule has 0 amide bonds. The predicted molar refractivity (Wildman–Crippen MR) is 177 cm³/mol. The van der Waals surface area contributed by atoms with Gasteiger partial charge in [-0.3, -0.25) is 15.0 Å². The molecule has 0 aliphatic rings. The molecule has 0 bridgehead atoms. The first-order chi connectivity index (χ1) is 27.3. The van der Waals surface area contributed by atoms with Crippen LogP contribution in [0.15, 0.2) is 110 Å². The van der Waals surface area contributed by atoms with Crippen molar-refractivity contribution < 1.29 is 103 Å². The normalized spacial score (nSPS) is 12.5. The highest BCUT2D eigenvalue weighted by Gasteiger charge is 2.51. The minimum atomic E-state index is -5.66. The molecule has 16 nitrogen and oxygen atoms in total. The summed E-state index contributed by atoms with van der Waals surface area (Å²) in [5, 5.41) is 0.715. The summed E-state index contributed by atoms with van der Waals surface area (Å²) >= 11 is 0. The Bertz CT molecular complexity index is 2410. The van der Waals surface area contributed by atoms with Crippen molar-refractivity contribution in [3.05, 3.63) is 110 Å². The summed E-state index contributed by atoms with van der Waals surface area (Å²) in [5.41, 5.74) is -21.7. The Hall–Kier alpha value is -5.76. The second kappa shape index (κ2) is 19.5. The van der Waals surface area contributed by atoms with Crippen molar-refractivity contribution in [2.24, 2.45) is 0 Å². The summed E-state index contributed by atoms with van der Waals surface area (Å²) in [6, 6.07) is 13.5. The van der Waals surface area contributed by atoms with Crippen LogP contribution < -0.4 is 16.7 Å². The van der Waals surface area contributed by atoms with Crippen LogP contribution in [0.2, 0.25) is 0 Å². The Labute approximate surface area is 328 Å². The molecule has 4 aromatic heterocycles. The number of benzene rings is 1. The van der Waals surface area contributed by atoms with E-state index in [-0.39, 0.29) is 11.1 Å². The van der Waals surface area contributed by atoms with Crippen LogP contribution in [0.5, 0.6) is 23.1 Å². The minimum absolute atomic E-state index is 0.236. The zero-order valence-corrected chi connectivity index (χ0v) is 31.5. The van der Waals surface area contributed by atoms with Crippen molar-refractivity contribution in [1.29, 1.82) is 0 Å². The maximum absolute atomic E-state index is 12.2. The van der Waals surface area contributed by atoms with Gasteiger partial charge in [0.25, 0.3) is 0 Å². The first kappa shape index (κ1) is 50.4. The number of hydrogen-bond donors (Lipinski definition) is 0. The van der Waals surface area contributed by atoms with E-state index < -0.39 is 79.9 Å². The first-order valence-electron chi connectivity index (χ1n) is 14.4. The molecule has 330 valence electrons. The van der Waals surface area contributed by atoms with E-state index >= 15 is 0 Å². The van der Waals surface area contributed by atoms with Crippen molar-refractivity contribution in [3.63, 3.8) is 0 Å². The molecule has 32 heteroatoms. The molecule has 0 spiro atoms. The Morgan fingerprint density at radius 2 is 0.883 bits per heavy atom. The molecule has 1 aromatic carbocycles. The van der Waals surface area contributed by atoms with E-state index in [0.717, 1.165) is 55.1 Å². The van der Waals surface area contributed by atoms with E-state index in [2.05, 4.69) is 36.7 Å². The van der Waals surface area contributed by atoms with Gasteiger partial charge < -0.3 is 16.7 Å². The fourth-order valence-electron chi connectivity index (χ4n) is 3.03. The van der Waals surface area contributed by atoms with Gasteiger partial charge in [-0.05, 0) is 30.3 Å². The number of fused-ring (bicyclic) bond motifs is 1. The summed E-state index contributed by atoms with van der Waals surface area (Å²) in [6.45, 7) is 0. The van der Waals surface area contributed by atoms with Crippen LogP contribution in [-0.2, 0) is 40.5 Å². The van der Waals surface area contributed by atoms with Crippen LogP contribution in [0.4, 0.5) is 52.7 Å². The topological polar surface area (TPSA) is 225 Å². The molecule has 0 N–H and O–H groups in total. The summed E-state index contributed by atoms with van der Waals surface area (Å²) in [5.74, 6) is -1.92. The van der Waals surface area contributed by atoms with Gasteiger partial charge in [-0.2, -0.15) is 86.4 Å². The Kier molecular flexibility index (Phi) is 16.4. The van der Waals surface area contributed by atoms with Crippen LogP contribution in [0.3, 0.4) is 0 Å². The summed E-state index contributed by atoms with van der Waals surface area (Å²) in [4.78, 5) is 13.9. The lowest BCUT2D eigenvalue weighted by atomic mass is 10.2. The number of pyridine rings is 4. The van der Waals surface area contributed by atoms with Gasteiger partial charge in [0.05, 0.1) is 6.20 Å². The van der Waals surface area contributed by atoms with Crippen molar-refractivity contribution in [1.82, 2.24) is 19.9 Å². The largest absolute Gasteiger partial charge is 0.534 e. The molecule has 0 aliphatic carbocycles. The van der Waals surface area contributed by atoms with Crippen molar-refractivity contribution >= 4 is 51.2 Å². The lowest BCUT2D eigenvalue weighted by Crippen LogP contribution is -2.28. The Morgan fingerprint density at radius 3 is 1.37 bits per heavy atom. The highest BCUT2D eigenvalue weighted by molar-refractivity contribution is 7.88. The number of aromatic nitrogens is 4. The van der Waals surface area contributed by atoms with Crippen molar-refractivity contribution in [3.8, 4) is 23.1 Å². The van der Waals surface area contributed by atoms with Gasteiger partial charge in [0, 0.05) is 66.2 Å². The second-order valence-electron chi connectivity index (χ2n) is 9.83. The summed E-state index contributed by atoms with van der Waals surface area (Å²) in [6.07, 6.45) is 8.19. The van der Waals surface area contributed by atoms with Crippen LogP contribution in [0.1, 0.15) is 0 Å². The van der Waals surface area contributed by atoms with E-state index in [1.165, 1.54) is 48.9 Å². The van der Waals surface area contributed by atoms with E-state index in [0.29, 0.717) is 5.39 Å². The van der Waals surface area contributed by atoms with Gasteiger partial charge in [-0.1, -0.05) is 18.2 Å². The zero-order chi connectivity index (χ0) is 45.8. The van der Waals surface area contributed by atoms with Crippen LogP contribution >= 0.6 is 0 Å². The van der Waals surface area contributed by atoms with Crippen LogP contribution in [0, 0.1) is 0 Å². The summed E-state index contributed by atoms with van der Waals surface area (Å²) in [7, 11) is -22.4.